The monoisotopic (exact) mass is 242 g/mol. The normalized spacial score (nSPS) is 25.3. The molecular formula is C12H22N2O3. The fraction of sp³-hybridized carbons (Fsp3) is 0.833. The molecule has 0 aromatic carbocycles. The minimum absolute atomic E-state index is 0.377. The summed E-state index contributed by atoms with van der Waals surface area (Å²) in [5.41, 5.74) is 0. The topological polar surface area (TPSA) is 78.4 Å². The van der Waals surface area contributed by atoms with Crippen molar-refractivity contribution in [1.82, 2.24) is 10.6 Å². The summed E-state index contributed by atoms with van der Waals surface area (Å²) in [6.45, 7) is 4.57. The Labute approximate surface area is 102 Å². The molecule has 1 aliphatic rings. The van der Waals surface area contributed by atoms with E-state index in [4.69, 9.17) is 5.11 Å². The molecule has 0 saturated heterocycles. The zero-order valence-corrected chi connectivity index (χ0v) is 10.5. The fourth-order valence-electron chi connectivity index (χ4n) is 2.30. The molecule has 0 aliphatic heterocycles. The van der Waals surface area contributed by atoms with E-state index in [1.165, 1.54) is 12.8 Å². The van der Waals surface area contributed by atoms with E-state index in [-0.39, 0.29) is 6.03 Å². The van der Waals surface area contributed by atoms with Gasteiger partial charge in [0, 0.05) is 6.54 Å². The maximum absolute atomic E-state index is 11.5. The van der Waals surface area contributed by atoms with Gasteiger partial charge in [-0.3, -0.25) is 0 Å². The molecule has 0 aromatic heterocycles. The van der Waals surface area contributed by atoms with E-state index in [1.807, 2.05) is 0 Å². The summed E-state index contributed by atoms with van der Waals surface area (Å²) < 4.78 is 0. The number of amides is 2. The van der Waals surface area contributed by atoms with Gasteiger partial charge < -0.3 is 15.7 Å². The molecule has 3 N–H and O–H groups in total. The van der Waals surface area contributed by atoms with Gasteiger partial charge >= 0.3 is 12.0 Å². The minimum Gasteiger partial charge on any atom is -0.480 e. The number of carboxylic acid groups (broad SMARTS) is 1. The van der Waals surface area contributed by atoms with E-state index in [1.54, 1.807) is 6.92 Å². The molecule has 0 spiro atoms. The van der Waals surface area contributed by atoms with Crippen molar-refractivity contribution in [3.63, 3.8) is 0 Å². The highest BCUT2D eigenvalue weighted by atomic mass is 16.4. The van der Waals surface area contributed by atoms with Crippen molar-refractivity contribution in [2.45, 2.75) is 45.6 Å². The van der Waals surface area contributed by atoms with E-state index >= 15 is 0 Å². The summed E-state index contributed by atoms with van der Waals surface area (Å²) >= 11 is 0. The van der Waals surface area contributed by atoms with Crippen LogP contribution < -0.4 is 10.6 Å². The Morgan fingerprint density at radius 3 is 2.59 bits per heavy atom. The summed E-state index contributed by atoms with van der Waals surface area (Å²) in [4.78, 5) is 22.2. The molecule has 98 valence electrons. The lowest BCUT2D eigenvalue weighted by Crippen LogP contribution is -2.46. The van der Waals surface area contributed by atoms with Crippen molar-refractivity contribution in [3.05, 3.63) is 0 Å². The van der Waals surface area contributed by atoms with Gasteiger partial charge in [-0.05, 0) is 24.7 Å². The Balaban J connectivity index is 2.27. The van der Waals surface area contributed by atoms with Crippen LogP contribution in [0.2, 0.25) is 0 Å². The predicted molar refractivity (Wildman–Crippen MR) is 64.8 cm³/mol. The van der Waals surface area contributed by atoms with Gasteiger partial charge in [-0.2, -0.15) is 0 Å². The molecule has 0 bridgehead atoms. The summed E-state index contributed by atoms with van der Waals surface area (Å²) in [6, 6.07) is -1.17. The molecule has 1 rings (SSSR count). The molecule has 3 atom stereocenters. The van der Waals surface area contributed by atoms with Crippen molar-refractivity contribution in [2.75, 3.05) is 6.54 Å². The number of carboxylic acids is 1. The number of urea groups is 1. The van der Waals surface area contributed by atoms with Gasteiger partial charge in [0.1, 0.15) is 6.04 Å². The average molecular weight is 242 g/mol. The zero-order valence-electron chi connectivity index (χ0n) is 10.5. The highest BCUT2D eigenvalue weighted by Gasteiger charge is 2.24. The summed E-state index contributed by atoms with van der Waals surface area (Å²) in [7, 11) is 0. The molecule has 5 nitrogen and oxygen atoms in total. The number of rotatable bonds is 5. The number of aliphatic carboxylic acids is 1. The number of nitrogens with one attached hydrogen (secondary N) is 2. The predicted octanol–water partition coefficient (Wildman–Crippen LogP) is 1.58. The third-order valence-corrected chi connectivity index (χ3v) is 3.58. The Morgan fingerprint density at radius 1 is 1.41 bits per heavy atom. The highest BCUT2D eigenvalue weighted by molar-refractivity contribution is 5.82. The van der Waals surface area contributed by atoms with Crippen molar-refractivity contribution < 1.29 is 14.7 Å². The molecule has 5 heteroatoms. The van der Waals surface area contributed by atoms with Gasteiger partial charge in [0.2, 0.25) is 0 Å². The van der Waals surface area contributed by atoms with E-state index < -0.39 is 12.0 Å². The van der Waals surface area contributed by atoms with Gasteiger partial charge in [0.15, 0.2) is 0 Å². The molecule has 0 aromatic rings. The number of carbonyl (C=O) groups is 2. The first-order valence-corrected chi connectivity index (χ1v) is 6.31. The largest absolute Gasteiger partial charge is 0.480 e. The summed E-state index contributed by atoms with van der Waals surface area (Å²) in [5, 5.41) is 14.0. The Hall–Kier alpha value is -1.26. The van der Waals surface area contributed by atoms with Crippen LogP contribution in [0.1, 0.15) is 39.5 Å². The SMILES string of the molecule is CCC(NC(=O)NCC1CCCC1C)C(=O)O. The minimum atomic E-state index is -0.989. The van der Waals surface area contributed by atoms with Crippen molar-refractivity contribution in [1.29, 1.82) is 0 Å². The molecule has 1 aliphatic carbocycles. The number of carbonyl (C=O) groups excluding carboxylic acids is 1. The van der Waals surface area contributed by atoms with E-state index in [0.29, 0.717) is 24.8 Å². The van der Waals surface area contributed by atoms with Gasteiger partial charge in [0.25, 0.3) is 0 Å². The average Bonchev–Trinajstić information content (AvgIpc) is 2.68. The fourth-order valence-corrected chi connectivity index (χ4v) is 2.30. The second-order valence-electron chi connectivity index (χ2n) is 4.82. The first-order chi connectivity index (χ1) is 8.04. The van der Waals surface area contributed by atoms with Gasteiger partial charge in [-0.1, -0.05) is 26.7 Å². The molecule has 17 heavy (non-hydrogen) atoms. The number of hydrogen-bond acceptors (Lipinski definition) is 2. The molecule has 1 saturated carbocycles. The van der Waals surface area contributed by atoms with Gasteiger partial charge in [-0.15, -0.1) is 0 Å². The quantitative estimate of drug-likeness (QED) is 0.685. The van der Waals surface area contributed by atoms with Crippen LogP contribution in [0.15, 0.2) is 0 Å². The smallest absolute Gasteiger partial charge is 0.326 e. The lowest BCUT2D eigenvalue weighted by atomic mass is 9.98. The maximum atomic E-state index is 11.5. The van der Waals surface area contributed by atoms with E-state index in [9.17, 15) is 9.59 Å². The van der Waals surface area contributed by atoms with Crippen LogP contribution >= 0.6 is 0 Å². The molecule has 0 radical (unpaired) electrons. The maximum Gasteiger partial charge on any atom is 0.326 e. The van der Waals surface area contributed by atoms with Crippen molar-refractivity contribution in [2.24, 2.45) is 11.8 Å². The molecule has 3 unspecified atom stereocenters. The van der Waals surface area contributed by atoms with Crippen LogP contribution in [0.5, 0.6) is 0 Å². The Bertz CT molecular complexity index is 281. The van der Waals surface area contributed by atoms with Crippen LogP contribution in [0.4, 0.5) is 4.79 Å². The first kappa shape index (κ1) is 13.8. The standard InChI is InChI=1S/C12H22N2O3/c1-3-10(11(15)16)14-12(17)13-7-9-6-4-5-8(9)2/h8-10H,3-7H2,1-2H3,(H,15,16)(H2,13,14,17). The zero-order chi connectivity index (χ0) is 12.8. The second kappa shape index (κ2) is 6.47. The first-order valence-electron chi connectivity index (χ1n) is 6.31. The van der Waals surface area contributed by atoms with Gasteiger partial charge in [0.05, 0.1) is 0 Å². The van der Waals surface area contributed by atoms with E-state index in [2.05, 4.69) is 17.6 Å². The summed E-state index contributed by atoms with van der Waals surface area (Å²) in [5.74, 6) is 0.194. The van der Waals surface area contributed by atoms with Crippen molar-refractivity contribution in [3.8, 4) is 0 Å². The van der Waals surface area contributed by atoms with Crippen LogP contribution in [-0.2, 0) is 4.79 Å². The van der Waals surface area contributed by atoms with Crippen LogP contribution in [0.25, 0.3) is 0 Å². The Kier molecular flexibility index (Phi) is 5.25. The Morgan fingerprint density at radius 2 is 2.12 bits per heavy atom. The molecule has 2 amide bonds. The van der Waals surface area contributed by atoms with Crippen LogP contribution in [0, 0.1) is 11.8 Å². The van der Waals surface area contributed by atoms with E-state index in [0.717, 1.165) is 6.42 Å². The summed E-state index contributed by atoms with van der Waals surface area (Å²) in [6.07, 6.45) is 3.99. The van der Waals surface area contributed by atoms with Gasteiger partial charge in [-0.25, -0.2) is 9.59 Å². The third kappa shape index (κ3) is 4.24. The molecule has 1 fully saturated rings. The van der Waals surface area contributed by atoms with Crippen molar-refractivity contribution >= 4 is 12.0 Å². The second-order valence-corrected chi connectivity index (χ2v) is 4.82. The van der Waals surface area contributed by atoms with Crippen LogP contribution in [0.3, 0.4) is 0 Å². The molecule has 0 heterocycles. The molecular weight excluding hydrogens is 220 g/mol. The van der Waals surface area contributed by atoms with Crippen LogP contribution in [-0.4, -0.2) is 29.7 Å². The highest BCUT2D eigenvalue weighted by Crippen LogP contribution is 2.30. The third-order valence-electron chi connectivity index (χ3n) is 3.58. The lowest BCUT2D eigenvalue weighted by Gasteiger charge is -2.18. The number of hydrogen-bond donors (Lipinski definition) is 3. The lowest BCUT2D eigenvalue weighted by molar-refractivity contribution is -0.139.